The molecule has 0 atom stereocenters. The highest BCUT2D eigenvalue weighted by Gasteiger charge is 2.27. The topological polar surface area (TPSA) is 143 Å². The van der Waals surface area contributed by atoms with E-state index < -0.39 is 0 Å². The first kappa shape index (κ1) is 26.7. The molecule has 0 bridgehead atoms. The number of likely N-dealkylation sites (N-methyl/N-ethyl adjacent to an activating group) is 1. The molecule has 0 spiro atoms. The average molecular weight is 547 g/mol. The summed E-state index contributed by atoms with van der Waals surface area (Å²) in [6, 6.07) is 11.9. The number of carbonyl (C=O) groups excluding carboxylic acids is 1. The molecule has 1 aromatic carbocycles. The zero-order chi connectivity index (χ0) is 26.5. The quantitative estimate of drug-likeness (QED) is 0.198. The Labute approximate surface area is 224 Å². The lowest BCUT2D eigenvalue weighted by Crippen LogP contribution is -2.50. The Morgan fingerprint density at radius 2 is 1.73 bits per heavy atom. The molecule has 1 aliphatic heterocycles. The summed E-state index contributed by atoms with van der Waals surface area (Å²) in [5.74, 6) is 1.06. The van der Waals surface area contributed by atoms with Crippen LogP contribution in [0.3, 0.4) is 0 Å². The number of benzene rings is 1. The Morgan fingerprint density at radius 3 is 2.35 bits per heavy atom. The molecule has 196 valence electrons. The van der Waals surface area contributed by atoms with Gasteiger partial charge in [0.15, 0.2) is 5.82 Å². The van der Waals surface area contributed by atoms with E-state index >= 15 is 0 Å². The first-order chi connectivity index (χ1) is 17.8. The van der Waals surface area contributed by atoms with Gasteiger partial charge in [0.25, 0.3) is 0 Å². The van der Waals surface area contributed by atoms with E-state index in [-0.39, 0.29) is 22.6 Å². The number of aromatic nitrogens is 2. The second-order valence-corrected chi connectivity index (χ2v) is 9.19. The Hall–Kier alpha value is -3.35. The molecule has 4 rings (SSSR count). The Balaban J connectivity index is 1.51. The molecule has 3 heterocycles. The molecule has 1 aliphatic rings. The number of rotatable bonds is 9. The third kappa shape index (κ3) is 6.32. The standard InChI is InChI=1S/C24H28Cl2N8O3/c1-2-32-11-12-33(22(35)14-32)18-5-7-20(30-23(18)16-4-3-15(25)13-17(16)26)28-9-10-29-21-8-6-19(34(36)37)24(27)31-21/h3-8,13,36-37H,2,9-12,14H2,1H3,(H,28,30)(H3,27,29,31). The first-order valence-electron chi connectivity index (χ1n) is 11.7. The number of hydrogen-bond donors (Lipinski definition) is 5. The number of amides is 1. The summed E-state index contributed by atoms with van der Waals surface area (Å²) in [7, 11) is 0. The maximum atomic E-state index is 12.9. The van der Waals surface area contributed by atoms with E-state index in [1.54, 1.807) is 29.2 Å². The van der Waals surface area contributed by atoms with Gasteiger partial charge >= 0.3 is 0 Å². The molecule has 6 N–H and O–H groups in total. The van der Waals surface area contributed by atoms with Crippen LogP contribution in [-0.2, 0) is 4.79 Å². The highest BCUT2D eigenvalue weighted by Crippen LogP contribution is 2.37. The Morgan fingerprint density at radius 1 is 1.03 bits per heavy atom. The maximum absolute atomic E-state index is 12.9. The third-order valence-corrected chi connectivity index (χ3v) is 6.50. The fraction of sp³-hybridized carbons (Fsp3) is 0.292. The maximum Gasteiger partial charge on any atom is 0.241 e. The summed E-state index contributed by atoms with van der Waals surface area (Å²) in [6.45, 7) is 5.51. The Kier molecular flexibility index (Phi) is 8.52. The van der Waals surface area contributed by atoms with Crippen molar-refractivity contribution in [3.8, 4) is 11.3 Å². The predicted molar refractivity (Wildman–Crippen MR) is 146 cm³/mol. The van der Waals surface area contributed by atoms with Crippen LogP contribution >= 0.6 is 23.2 Å². The van der Waals surface area contributed by atoms with Gasteiger partial charge in [-0.1, -0.05) is 30.1 Å². The summed E-state index contributed by atoms with van der Waals surface area (Å²) in [5, 5.41) is 25.4. The third-order valence-electron chi connectivity index (χ3n) is 5.95. The molecule has 0 unspecified atom stereocenters. The lowest BCUT2D eigenvalue weighted by Gasteiger charge is -2.34. The smallest absolute Gasteiger partial charge is 0.241 e. The van der Waals surface area contributed by atoms with Crippen molar-refractivity contribution >= 4 is 57.9 Å². The molecule has 0 radical (unpaired) electrons. The molecule has 0 saturated carbocycles. The molecule has 3 aromatic rings. The summed E-state index contributed by atoms with van der Waals surface area (Å²) in [6.07, 6.45) is 0. The van der Waals surface area contributed by atoms with Crippen molar-refractivity contribution in [2.24, 2.45) is 0 Å². The van der Waals surface area contributed by atoms with E-state index in [2.05, 4.69) is 20.5 Å². The molecule has 1 fully saturated rings. The summed E-state index contributed by atoms with van der Waals surface area (Å²) >= 11 is 12.6. The van der Waals surface area contributed by atoms with Gasteiger partial charge in [-0.15, -0.1) is 5.23 Å². The van der Waals surface area contributed by atoms with Gasteiger partial charge in [0.2, 0.25) is 5.91 Å². The average Bonchev–Trinajstić information content (AvgIpc) is 2.86. The summed E-state index contributed by atoms with van der Waals surface area (Å²) in [5.41, 5.74) is 7.66. The van der Waals surface area contributed by atoms with Crippen LogP contribution in [0.5, 0.6) is 0 Å². The molecule has 13 heteroatoms. The first-order valence-corrected chi connectivity index (χ1v) is 12.4. The summed E-state index contributed by atoms with van der Waals surface area (Å²) in [4.78, 5) is 25.7. The number of piperazine rings is 1. The van der Waals surface area contributed by atoms with Gasteiger partial charge in [-0.05, 0) is 49.0 Å². The Bertz CT molecular complexity index is 1280. The number of nitrogens with zero attached hydrogens (tertiary/aromatic N) is 5. The van der Waals surface area contributed by atoms with Crippen LogP contribution in [0.4, 0.5) is 28.8 Å². The van der Waals surface area contributed by atoms with Crippen LogP contribution in [0.15, 0.2) is 42.5 Å². The van der Waals surface area contributed by atoms with E-state index in [4.69, 9.17) is 44.3 Å². The van der Waals surface area contributed by atoms with Gasteiger partial charge in [0.1, 0.15) is 17.3 Å². The van der Waals surface area contributed by atoms with E-state index in [1.807, 2.05) is 19.1 Å². The lowest BCUT2D eigenvalue weighted by atomic mass is 10.1. The van der Waals surface area contributed by atoms with Crippen molar-refractivity contribution < 1.29 is 15.2 Å². The van der Waals surface area contributed by atoms with E-state index in [1.165, 1.54) is 6.07 Å². The molecule has 11 nitrogen and oxygen atoms in total. The lowest BCUT2D eigenvalue weighted by molar-refractivity contribution is -0.121. The second-order valence-electron chi connectivity index (χ2n) is 8.35. The predicted octanol–water partition coefficient (Wildman–Crippen LogP) is 3.81. The van der Waals surface area contributed by atoms with Crippen molar-refractivity contribution in [2.75, 3.05) is 65.8 Å². The van der Waals surface area contributed by atoms with E-state index in [9.17, 15) is 4.79 Å². The largest absolute Gasteiger partial charge is 0.382 e. The zero-order valence-electron chi connectivity index (χ0n) is 20.2. The minimum atomic E-state index is -0.0786. The van der Waals surface area contributed by atoms with E-state index in [0.29, 0.717) is 64.8 Å². The van der Waals surface area contributed by atoms with Gasteiger partial charge in [-0.25, -0.2) is 9.97 Å². The molecule has 1 amide bonds. The highest BCUT2D eigenvalue weighted by molar-refractivity contribution is 6.36. The number of nitrogens with one attached hydrogen (secondary N) is 2. The fourth-order valence-electron chi connectivity index (χ4n) is 4.01. The van der Waals surface area contributed by atoms with Gasteiger partial charge < -0.3 is 21.3 Å². The summed E-state index contributed by atoms with van der Waals surface area (Å²) < 4.78 is 0. The zero-order valence-corrected chi connectivity index (χ0v) is 21.7. The second kappa shape index (κ2) is 11.8. The highest BCUT2D eigenvalue weighted by atomic mass is 35.5. The monoisotopic (exact) mass is 546 g/mol. The van der Waals surface area contributed by atoms with Gasteiger partial charge in [-0.3, -0.25) is 20.1 Å². The van der Waals surface area contributed by atoms with Crippen molar-refractivity contribution in [1.82, 2.24) is 14.9 Å². The van der Waals surface area contributed by atoms with Crippen LogP contribution in [0.1, 0.15) is 6.92 Å². The van der Waals surface area contributed by atoms with Crippen LogP contribution < -0.4 is 26.5 Å². The molecule has 37 heavy (non-hydrogen) atoms. The number of carbonyl (C=O) groups is 1. The number of halogens is 2. The van der Waals surface area contributed by atoms with Gasteiger partial charge in [0, 0.05) is 36.8 Å². The SMILES string of the molecule is CCN1CCN(c2ccc(NCCNc3ccc(N(O)O)c(N)n3)nc2-c2ccc(Cl)cc2Cl)C(=O)C1. The van der Waals surface area contributed by atoms with Crippen molar-refractivity contribution in [1.29, 1.82) is 0 Å². The van der Waals surface area contributed by atoms with Gasteiger partial charge in [0.05, 0.1) is 22.9 Å². The fourth-order valence-corrected chi connectivity index (χ4v) is 4.51. The van der Waals surface area contributed by atoms with Crippen molar-refractivity contribution in [3.63, 3.8) is 0 Å². The number of nitrogen functional groups attached to an aromatic ring is 1. The number of pyridine rings is 2. The molecule has 2 aromatic heterocycles. The van der Waals surface area contributed by atoms with Crippen LogP contribution in [0.25, 0.3) is 11.3 Å². The molecule has 0 aliphatic carbocycles. The minimum Gasteiger partial charge on any atom is -0.382 e. The van der Waals surface area contributed by atoms with Crippen LogP contribution in [0, 0.1) is 0 Å². The van der Waals surface area contributed by atoms with Crippen LogP contribution in [-0.4, -0.2) is 70.5 Å². The van der Waals surface area contributed by atoms with Crippen molar-refractivity contribution in [3.05, 3.63) is 52.5 Å². The number of nitrogens with two attached hydrogens (primary N) is 1. The van der Waals surface area contributed by atoms with Gasteiger partial charge in [-0.2, -0.15) is 0 Å². The number of anilines is 5. The molecular weight excluding hydrogens is 519 g/mol. The van der Waals surface area contributed by atoms with Crippen molar-refractivity contribution in [2.45, 2.75) is 6.92 Å². The minimum absolute atomic E-state index is 0.00875. The molecular formula is C24H28Cl2N8O3. The van der Waals surface area contributed by atoms with Crippen LogP contribution in [0.2, 0.25) is 10.0 Å². The molecule has 1 saturated heterocycles. The normalized spacial score (nSPS) is 14.1. The number of hydrogen-bond acceptors (Lipinski definition) is 10. The van der Waals surface area contributed by atoms with E-state index in [0.717, 1.165) is 13.1 Å².